The summed E-state index contributed by atoms with van der Waals surface area (Å²) in [4.78, 5) is 2.51. The van der Waals surface area contributed by atoms with Gasteiger partial charge in [0.2, 0.25) is 0 Å². The van der Waals surface area contributed by atoms with Crippen molar-refractivity contribution >= 4 is 0 Å². The first-order valence-electron chi connectivity index (χ1n) is 6.12. The van der Waals surface area contributed by atoms with E-state index in [1.165, 1.54) is 32.2 Å². The zero-order valence-corrected chi connectivity index (χ0v) is 9.95. The van der Waals surface area contributed by atoms with Crippen LogP contribution in [-0.4, -0.2) is 51.0 Å². The van der Waals surface area contributed by atoms with Crippen molar-refractivity contribution in [1.29, 1.82) is 0 Å². The third-order valence-electron chi connectivity index (χ3n) is 3.97. The summed E-state index contributed by atoms with van der Waals surface area (Å²) in [7, 11) is 3.98. The van der Waals surface area contributed by atoms with E-state index < -0.39 is 0 Å². The fraction of sp³-hybridized carbons (Fsp3) is 1.00. The highest BCUT2D eigenvalue weighted by molar-refractivity contribution is 4.91. The van der Waals surface area contributed by atoms with Crippen LogP contribution in [0.5, 0.6) is 0 Å². The van der Waals surface area contributed by atoms with E-state index in [1.54, 1.807) is 7.11 Å². The van der Waals surface area contributed by atoms with E-state index in [0.717, 1.165) is 25.2 Å². The molecule has 0 N–H and O–H groups in total. The molecule has 1 heterocycles. The second kappa shape index (κ2) is 5.28. The summed E-state index contributed by atoms with van der Waals surface area (Å²) in [5.41, 5.74) is 0. The highest BCUT2D eigenvalue weighted by atomic mass is 16.5. The maximum Gasteiger partial charge on any atom is 0.0704 e. The van der Waals surface area contributed by atoms with Gasteiger partial charge in [0.15, 0.2) is 0 Å². The lowest BCUT2D eigenvalue weighted by atomic mass is 9.83. The molecule has 2 fully saturated rings. The highest BCUT2D eigenvalue weighted by Crippen LogP contribution is 2.36. The Morgan fingerprint density at radius 3 is 2.87 bits per heavy atom. The van der Waals surface area contributed by atoms with Crippen LogP contribution in [0.2, 0.25) is 0 Å². The summed E-state index contributed by atoms with van der Waals surface area (Å²) in [5.74, 6) is 0.942. The first kappa shape index (κ1) is 11.4. The smallest absolute Gasteiger partial charge is 0.0704 e. The summed E-state index contributed by atoms with van der Waals surface area (Å²) in [6, 6.07) is 0.784. The molecule has 88 valence electrons. The average Bonchev–Trinajstić information content (AvgIpc) is 2.61. The molecule has 1 saturated heterocycles. The molecule has 15 heavy (non-hydrogen) atoms. The molecule has 0 aromatic rings. The molecule has 0 aromatic carbocycles. The van der Waals surface area contributed by atoms with Gasteiger partial charge in [-0.25, -0.2) is 0 Å². The molecule has 1 saturated carbocycles. The molecule has 0 spiro atoms. The van der Waals surface area contributed by atoms with Crippen molar-refractivity contribution in [2.24, 2.45) is 5.92 Å². The molecule has 1 aliphatic heterocycles. The minimum atomic E-state index is 0.474. The predicted molar refractivity (Wildman–Crippen MR) is 60.0 cm³/mol. The summed E-state index contributed by atoms with van der Waals surface area (Å²) in [6.07, 6.45) is 5.70. The van der Waals surface area contributed by atoms with Crippen LogP contribution in [-0.2, 0) is 9.47 Å². The topological polar surface area (TPSA) is 21.7 Å². The van der Waals surface area contributed by atoms with Gasteiger partial charge in [-0.05, 0) is 45.2 Å². The Balaban J connectivity index is 1.75. The Bertz CT molecular complexity index is 198. The Labute approximate surface area is 92.7 Å². The largest absolute Gasteiger partial charge is 0.382 e. The Morgan fingerprint density at radius 2 is 2.07 bits per heavy atom. The summed E-state index contributed by atoms with van der Waals surface area (Å²) in [6.45, 7) is 2.75. The number of fused-ring (bicyclic) bond motifs is 1. The van der Waals surface area contributed by atoms with E-state index in [0.29, 0.717) is 6.10 Å². The number of hydrogen-bond acceptors (Lipinski definition) is 3. The molecule has 1 aliphatic carbocycles. The fourth-order valence-electron chi connectivity index (χ4n) is 3.03. The van der Waals surface area contributed by atoms with Gasteiger partial charge in [-0.1, -0.05) is 0 Å². The minimum Gasteiger partial charge on any atom is -0.382 e. The molecule has 3 atom stereocenters. The van der Waals surface area contributed by atoms with Crippen molar-refractivity contribution in [2.75, 3.05) is 33.9 Å². The monoisotopic (exact) mass is 213 g/mol. The normalized spacial score (nSPS) is 36.8. The second-order valence-electron chi connectivity index (χ2n) is 4.90. The van der Waals surface area contributed by atoms with Crippen LogP contribution in [0.25, 0.3) is 0 Å². The van der Waals surface area contributed by atoms with E-state index in [1.807, 2.05) is 0 Å². The van der Waals surface area contributed by atoms with Crippen molar-refractivity contribution in [3.63, 3.8) is 0 Å². The predicted octanol–water partition coefficient (Wildman–Crippen LogP) is 1.52. The third kappa shape index (κ3) is 2.71. The molecule has 0 aromatic heterocycles. The molecule has 0 unspecified atom stereocenters. The summed E-state index contributed by atoms with van der Waals surface area (Å²) < 4.78 is 10.8. The lowest BCUT2D eigenvalue weighted by molar-refractivity contribution is -0.0206. The van der Waals surface area contributed by atoms with Crippen molar-refractivity contribution in [1.82, 2.24) is 4.90 Å². The maximum atomic E-state index is 5.83. The third-order valence-corrected chi connectivity index (χ3v) is 3.97. The van der Waals surface area contributed by atoms with Crippen molar-refractivity contribution < 1.29 is 9.47 Å². The van der Waals surface area contributed by atoms with Crippen molar-refractivity contribution in [3.8, 4) is 0 Å². The van der Waals surface area contributed by atoms with Gasteiger partial charge in [-0.2, -0.15) is 0 Å². The summed E-state index contributed by atoms with van der Waals surface area (Å²) in [5, 5.41) is 0. The lowest BCUT2D eigenvalue weighted by Gasteiger charge is -2.34. The van der Waals surface area contributed by atoms with Crippen LogP contribution < -0.4 is 0 Å². The van der Waals surface area contributed by atoms with Gasteiger partial charge in [0, 0.05) is 13.2 Å². The molecule has 2 aliphatic rings. The molecule has 3 heteroatoms. The Morgan fingerprint density at radius 1 is 1.20 bits per heavy atom. The number of nitrogens with zero attached hydrogens (tertiary/aromatic N) is 1. The standard InChI is InChI=1S/C12H23NO2/c1-13-6-5-10-3-4-11(9-12(10)13)15-8-7-14-2/h10-12H,3-9H2,1-2H3/t10-,11-,12-/m0/s1. The van der Waals surface area contributed by atoms with Crippen LogP contribution in [0.3, 0.4) is 0 Å². The van der Waals surface area contributed by atoms with E-state index >= 15 is 0 Å². The van der Waals surface area contributed by atoms with Gasteiger partial charge in [0.25, 0.3) is 0 Å². The van der Waals surface area contributed by atoms with Gasteiger partial charge in [-0.3, -0.25) is 0 Å². The zero-order chi connectivity index (χ0) is 10.7. The highest BCUT2D eigenvalue weighted by Gasteiger charge is 2.37. The van der Waals surface area contributed by atoms with Crippen LogP contribution in [0, 0.1) is 5.92 Å². The van der Waals surface area contributed by atoms with Gasteiger partial charge in [0.1, 0.15) is 0 Å². The number of methoxy groups -OCH3 is 1. The maximum absolute atomic E-state index is 5.83. The van der Waals surface area contributed by atoms with Gasteiger partial charge in [0.05, 0.1) is 19.3 Å². The van der Waals surface area contributed by atoms with E-state index in [9.17, 15) is 0 Å². The number of ether oxygens (including phenoxy) is 2. The van der Waals surface area contributed by atoms with Gasteiger partial charge in [-0.15, -0.1) is 0 Å². The number of hydrogen-bond donors (Lipinski definition) is 0. The Kier molecular flexibility index (Phi) is 4.00. The average molecular weight is 213 g/mol. The zero-order valence-electron chi connectivity index (χ0n) is 9.95. The van der Waals surface area contributed by atoms with E-state index in [2.05, 4.69) is 11.9 Å². The molecule has 0 bridgehead atoms. The molecule has 2 rings (SSSR count). The summed E-state index contributed by atoms with van der Waals surface area (Å²) >= 11 is 0. The molecular weight excluding hydrogens is 190 g/mol. The molecule has 0 radical (unpaired) electrons. The van der Waals surface area contributed by atoms with Crippen molar-refractivity contribution in [2.45, 2.75) is 37.8 Å². The minimum absolute atomic E-state index is 0.474. The van der Waals surface area contributed by atoms with Gasteiger partial charge < -0.3 is 14.4 Å². The van der Waals surface area contributed by atoms with E-state index in [4.69, 9.17) is 9.47 Å². The molecule has 0 amide bonds. The first-order chi connectivity index (χ1) is 7.31. The van der Waals surface area contributed by atoms with E-state index in [-0.39, 0.29) is 0 Å². The number of likely N-dealkylation sites (tertiary alicyclic amines) is 1. The molecule has 3 nitrogen and oxygen atoms in total. The second-order valence-corrected chi connectivity index (χ2v) is 4.90. The SMILES string of the molecule is COCCO[C@H]1CC[C@H]2CCN(C)[C@H]2C1. The van der Waals surface area contributed by atoms with Gasteiger partial charge >= 0.3 is 0 Å². The van der Waals surface area contributed by atoms with Crippen LogP contribution in [0.15, 0.2) is 0 Å². The quantitative estimate of drug-likeness (QED) is 0.661. The number of rotatable bonds is 4. The fourth-order valence-corrected chi connectivity index (χ4v) is 3.03. The lowest BCUT2D eigenvalue weighted by Crippen LogP contribution is -2.38. The Hall–Kier alpha value is -0.120. The van der Waals surface area contributed by atoms with Crippen molar-refractivity contribution in [3.05, 3.63) is 0 Å². The first-order valence-corrected chi connectivity index (χ1v) is 6.12. The van der Waals surface area contributed by atoms with Crippen LogP contribution in [0.1, 0.15) is 25.7 Å². The molecular formula is C12H23NO2. The van der Waals surface area contributed by atoms with Crippen LogP contribution >= 0.6 is 0 Å². The van der Waals surface area contributed by atoms with Crippen LogP contribution in [0.4, 0.5) is 0 Å².